The first kappa shape index (κ1) is 17.1. The second-order valence-electron chi connectivity index (χ2n) is 6.57. The summed E-state index contributed by atoms with van der Waals surface area (Å²) in [6, 6.07) is 6.63. The van der Waals surface area contributed by atoms with Gasteiger partial charge in [-0.15, -0.1) is 0 Å². The number of hydrogen-bond acceptors (Lipinski definition) is 4. The van der Waals surface area contributed by atoms with Gasteiger partial charge in [0.2, 0.25) is 23.6 Å². The van der Waals surface area contributed by atoms with Crippen LogP contribution in [0.3, 0.4) is 0 Å². The summed E-state index contributed by atoms with van der Waals surface area (Å²) in [4.78, 5) is 49.0. The second kappa shape index (κ2) is 7.04. The number of fused-ring (bicyclic) bond motifs is 1. The van der Waals surface area contributed by atoms with Crippen LogP contribution in [0.15, 0.2) is 24.3 Å². The van der Waals surface area contributed by atoms with Crippen LogP contribution in [0, 0.1) is 11.8 Å². The van der Waals surface area contributed by atoms with Crippen LogP contribution >= 0.6 is 0 Å². The molecule has 0 spiro atoms. The Morgan fingerprint density at radius 3 is 1.92 bits per heavy atom. The van der Waals surface area contributed by atoms with Crippen molar-refractivity contribution in [3.05, 3.63) is 24.3 Å². The van der Waals surface area contributed by atoms with Crippen molar-refractivity contribution in [2.45, 2.75) is 32.6 Å². The van der Waals surface area contributed by atoms with Crippen molar-refractivity contribution in [2.75, 3.05) is 17.2 Å². The molecule has 1 aromatic carbocycles. The predicted octanol–water partition coefficient (Wildman–Crippen LogP) is 1.76. The zero-order valence-corrected chi connectivity index (χ0v) is 14.1. The Hall–Kier alpha value is -2.70. The third-order valence-electron chi connectivity index (χ3n) is 4.72. The fourth-order valence-corrected chi connectivity index (χ4v) is 3.57. The standard InChI is InChI=1S/C18H21N3O4/c1-11(22)19-12-6-8-13(9-7-12)20-16(23)10-21-17(24)14-4-2-3-5-15(14)18(21)25/h6-9,14-15H,2-5,10H2,1H3,(H,19,22)(H,20,23)/t14-,15-/m1/s1. The van der Waals surface area contributed by atoms with E-state index in [1.54, 1.807) is 24.3 Å². The van der Waals surface area contributed by atoms with Gasteiger partial charge in [0.25, 0.3) is 0 Å². The first-order valence-electron chi connectivity index (χ1n) is 8.48. The number of nitrogens with one attached hydrogen (secondary N) is 2. The molecule has 2 N–H and O–H groups in total. The van der Waals surface area contributed by atoms with Gasteiger partial charge in [0, 0.05) is 18.3 Å². The van der Waals surface area contributed by atoms with Crippen molar-refractivity contribution in [3.8, 4) is 0 Å². The molecule has 2 fully saturated rings. The number of carbonyl (C=O) groups is 4. The molecular formula is C18H21N3O4. The van der Waals surface area contributed by atoms with Gasteiger partial charge in [0.05, 0.1) is 11.8 Å². The van der Waals surface area contributed by atoms with Crippen LogP contribution in [-0.4, -0.2) is 35.1 Å². The van der Waals surface area contributed by atoms with E-state index in [9.17, 15) is 19.2 Å². The molecule has 1 heterocycles. The van der Waals surface area contributed by atoms with Gasteiger partial charge in [0.1, 0.15) is 6.54 Å². The van der Waals surface area contributed by atoms with E-state index in [4.69, 9.17) is 0 Å². The number of carbonyl (C=O) groups excluding carboxylic acids is 4. The fourth-order valence-electron chi connectivity index (χ4n) is 3.57. The van der Waals surface area contributed by atoms with E-state index in [1.807, 2.05) is 0 Å². The zero-order valence-electron chi connectivity index (χ0n) is 14.1. The average molecular weight is 343 g/mol. The highest BCUT2D eigenvalue weighted by Crippen LogP contribution is 2.37. The molecule has 2 aliphatic rings. The number of imide groups is 1. The van der Waals surface area contributed by atoms with E-state index in [-0.39, 0.29) is 36.1 Å². The lowest BCUT2D eigenvalue weighted by Gasteiger charge is -2.19. The summed E-state index contributed by atoms with van der Waals surface area (Å²) in [6.45, 7) is 1.16. The first-order valence-corrected chi connectivity index (χ1v) is 8.48. The molecule has 0 bridgehead atoms. The molecule has 1 aromatic rings. The van der Waals surface area contributed by atoms with Gasteiger partial charge < -0.3 is 10.6 Å². The molecule has 132 valence electrons. The van der Waals surface area contributed by atoms with Crippen molar-refractivity contribution < 1.29 is 19.2 Å². The highest BCUT2D eigenvalue weighted by Gasteiger charge is 2.48. The number of rotatable bonds is 4. The summed E-state index contributed by atoms with van der Waals surface area (Å²) in [5.41, 5.74) is 1.16. The number of anilines is 2. The smallest absolute Gasteiger partial charge is 0.244 e. The van der Waals surface area contributed by atoms with Crippen molar-refractivity contribution in [2.24, 2.45) is 11.8 Å². The predicted molar refractivity (Wildman–Crippen MR) is 91.5 cm³/mol. The lowest BCUT2D eigenvalue weighted by atomic mass is 9.81. The minimum Gasteiger partial charge on any atom is -0.326 e. The van der Waals surface area contributed by atoms with Gasteiger partial charge in [-0.2, -0.15) is 0 Å². The van der Waals surface area contributed by atoms with E-state index in [1.165, 1.54) is 6.92 Å². The molecule has 0 unspecified atom stereocenters. The van der Waals surface area contributed by atoms with Crippen molar-refractivity contribution in [1.29, 1.82) is 0 Å². The summed E-state index contributed by atoms with van der Waals surface area (Å²) in [5.74, 6) is -1.51. The maximum absolute atomic E-state index is 12.4. The van der Waals surface area contributed by atoms with E-state index in [0.717, 1.165) is 30.6 Å². The maximum atomic E-state index is 12.4. The highest BCUT2D eigenvalue weighted by atomic mass is 16.2. The third-order valence-corrected chi connectivity index (χ3v) is 4.72. The molecule has 4 amide bonds. The molecule has 0 aromatic heterocycles. The van der Waals surface area contributed by atoms with Crippen molar-refractivity contribution in [1.82, 2.24) is 4.90 Å². The molecule has 7 nitrogen and oxygen atoms in total. The van der Waals surface area contributed by atoms with Gasteiger partial charge in [-0.05, 0) is 37.1 Å². The summed E-state index contributed by atoms with van der Waals surface area (Å²) >= 11 is 0. The average Bonchev–Trinajstić information content (AvgIpc) is 2.82. The lowest BCUT2D eigenvalue weighted by Crippen LogP contribution is -2.38. The van der Waals surface area contributed by atoms with Gasteiger partial charge in [-0.3, -0.25) is 24.1 Å². The lowest BCUT2D eigenvalue weighted by molar-refractivity contribution is -0.142. The topological polar surface area (TPSA) is 95.6 Å². The van der Waals surface area contributed by atoms with E-state index in [2.05, 4.69) is 10.6 Å². The highest BCUT2D eigenvalue weighted by molar-refractivity contribution is 6.08. The monoisotopic (exact) mass is 343 g/mol. The maximum Gasteiger partial charge on any atom is 0.244 e. The Kier molecular flexibility index (Phi) is 4.83. The van der Waals surface area contributed by atoms with E-state index >= 15 is 0 Å². The Morgan fingerprint density at radius 2 is 1.44 bits per heavy atom. The van der Waals surface area contributed by atoms with Gasteiger partial charge in [0.15, 0.2) is 0 Å². The molecule has 0 radical (unpaired) electrons. The molecule has 3 rings (SSSR count). The van der Waals surface area contributed by atoms with Crippen LogP contribution in [0.5, 0.6) is 0 Å². The first-order chi connectivity index (χ1) is 12.0. The molecule has 2 atom stereocenters. The zero-order chi connectivity index (χ0) is 18.0. The minimum atomic E-state index is -0.410. The Labute approximate surface area is 145 Å². The third kappa shape index (κ3) is 3.70. The number of benzene rings is 1. The van der Waals surface area contributed by atoms with Crippen LogP contribution in [0.1, 0.15) is 32.6 Å². The summed E-state index contributed by atoms with van der Waals surface area (Å²) in [6.07, 6.45) is 3.39. The van der Waals surface area contributed by atoms with Crippen LogP contribution in [-0.2, 0) is 19.2 Å². The molecule has 1 aliphatic carbocycles. The SMILES string of the molecule is CC(=O)Nc1ccc(NC(=O)CN2C(=O)[C@@H]3CCCC[C@H]3C2=O)cc1. The minimum absolute atomic E-state index is 0.177. The van der Waals surface area contributed by atoms with Crippen LogP contribution < -0.4 is 10.6 Å². The molecule has 1 saturated heterocycles. The molecule has 25 heavy (non-hydrogen) atoms. The quantitative estimate of drug-likeness (QED) is 0.814. The summed E-state index contributed by atoms with van der Waals surface area (Å²) in [7, 11) is 0. The number of hydrogen-bond donors (Lipinski definition) is 2. The number of likely N-dealkylation sites (tertiary alicyclic amines) is 1. The van der Waals surface area contributed by atoms with Crippen LogP contribution in [0.4, 0.5) is 11.4 Å². The van der Waals surface area contributed by atoms with Crippen LogP contribution in [0.25, 0.3) is 0 Å². The molecular weight excluding hydrogens is 322 g/mol. The van der Waals surface area contributed by atoms with Crippen molar-refractivity contribution in [3.63, 3.8) is 0 Å². The molecule has 7 heteroatoms. The largest absolute Gasteiger partial charge is 0.326 e. The Morgan fingerprint density at radius 1 is 0.960 bits per heavy atom. The van der Waals surface area contributed by atoms with Gasteiger partial charge in [-0.1, -0.05) is 12.8 Å². The van der Waals surface area contributed by atoms with Crippen molar-refractivity contribution >= 4 is 35.0 Å². The van der Waals surface area contributed by atoms with Gasteiger partial charge >= 0.3 is 0 Å². The normalized spacial score (nSPS) is 22.5. The second-order valence-corrected chi connectivity index (χ2v) is 6.57. The van der Waals surface area contributed by atoms with E-state index in [0.29, 0.717) is 11.4 Å². The Balaban J connectivity index is 1.60. The molecule has 1 saturated carbocycles. The molecule has 1 aliphatic heterocycles. The van der Waals surface area contributed by atoms with E-state index < -0.39 is 5.91 Å². The Bertz CT molecular complexity index is 690. The van der Waals surface area contributed by atoms with Gasteiger partial charge in [-0.25, -0.2) is 0 Å². The summed E-state index contributed by atoms with van der Waals surface area (Å²) < 4.78 is 0. The van der Waals surface area contributed by atoms with Crippen LogP contribution in [0.2, 0.25) is 0 Å². The fraction of sp³-hybridized carbons (Fsp3) is 0.444. The number of nitrogens with zero attached hydrogens (tertiary/aromatic N) is 1. The number of amides is 4. The summed E-state index contributed by atoms with van der Waals surface area (Å²) in [5, 5.41) is 5.31.